The minimum Gasteiger partial charge on any atom is -0.466 e. The van der Waals surface area contributed by atoms with Gasteiger partial charge in [0, 0.05) is 12.8 Å². The Hall–Kier alpha value is -2.18. The van der Waals surface area contributed by atoms with Crippen molar-refractivity contribution < 1.29 is 24.5 Å². The van der Waals surface area contributed by atoms with E-state index >= 15 is 0 Å². The third kappa shape index (κ3) is 76.8. The number of hydrogen-bond donors (Lipinski definition) is 3. The third-order valence-electron chi connectivity index (χ3n) is 19.6. The molecule has 0 radical (unpaired) electrons. The molecule has 0 saturated heterocycles. The summed E-state index contributed by atoms with van der Waals surface area (Å²) in [4.78, 5) is 24.6. The number of carbonyl (C=O) groups is 2. The maximum atomic E-state index is 12.6. The van der Waals surface area contributed by atoms with Crippen molar-refractivity contribution in [1.82, 2.24) is 5.32 Å². The van der Waals surface area contributed by atoms with Gasteiger partial charge in [0.05, 0.1) is 25.4 Å². The lowest BCUT2D eigenvalue weighted by Gasteiger charge is -2.20. The number of nitrogens with one attached hydrogen (secondary N) is 1. The molecule has 542 valence electrons. The van der Waals surface area contributed by atoms with E-state index in [9.17, 15) is 19.8 Å². The smallest absolute Gasteiger partial charge is 0.305 e. The lowest BCUT2D eigenvalue weighted by atomic mass is 10.0. The molecule has 0 aliphatic heterocycles. The number of aliphatic hydroxyl groups is 2. The molecule has 0 fully saturated rings. The molecule has 0 aliphatic carbocycles. The Labute approximate surface area is 576 Å². The van der Waals surface area contributed by atoms with Crippen molar-refractivity contribution in [1.29, 1.82) is 0 Å². The van der Waals surface area contributed by atoms with E-state index in [0.717, 1.165) is 51.4 Å². The fraction of sp³-hybridized carbons (Fsp3) is 0.884. The molecular weight excluding hydrogens is 1130 g/mol. The molecule has 0 aromatic carbocycles. The second kappa shape index (κ2) is 81.2. The van der Waals surface area contributed by atoms with Crippen molar-refractivity contribution in [2.75, 3.05) is 13.2 Å². The number of ether oxygens (including phenoxy) is 1. The monoisotopic (exact) mass is 1290 g/mol. The predicted octanol–water partition coefficient (Wildman–Crippen LogP) is 27.9. The van der Waals surface area contributed by atoms with Crippen LogP contribution in [0.5, 0.6) is 0 Å². The van der Waals surface area contributed by atoms with Crippen LogP contribution in [0.2, 0.25) is 0 Å². The molecule has 3 N–H and O–H groups in total. The maximum Gasteiger partial charge on any atom is 0.305 e. The molecular formula is C86H163NO5. The van der Waals surface area contributed by atoms with E-state index in [1.54, 1.807) is 6.08 Å². The summed E-state index contributed by atoms with van der Waals surface area (Å²) in [5.41, 5.74) is 0. The number of hydrogen-bond acceptors (Lipinski definition) is 5. The normalized spacial score (nSPS) is 12.7. The van der Waals surface area contributed by atoms with Gasteiger partial charge in [0.1, 0.15) is 0 Å². The van der Waals surface area contributed by atoms with E-state index in [1.165, 1.54) is 385 Å². The summed E-state index contributed by atoms with van der Waals surface area (Å²) >= 11 is 0. The van der Waals surface area contributed by atoms with Crippen LogP contribution >= 0.6 is 0 Å². The van der Waals surface area contributed by atoms with Crippen LogP contribution < -0.4 is 5.32 Å². The van der Waals surface area contributed by atoms with E-state index in [2.05, 4.69) is 55.6 Å². The Morgan fingerprint density at radius 3 is 0.837 bits per heavy atom. The molecule has 92 heavy (non-hydrogen) atoms. The second-order valence-electron chi connectivity index (χ2n) is 28.8. The van der Waals surface area contributed by atoms with Gasteiger partial charge in [-0.15, -0.1) is 0 Å². The molecule has 6 heteroatoms. The highest BCUT2D eigenvalue weighted by atomic mass is 16.5. The van der Waals surface area contributed by atoms with Crippen molar-refractivity contribution in [3.05, 3.63) is 48.6 Å². The minimum absolute atomic E-state index is 0.0121. The molecule has 0 rings (SSSR count). The molecule has 0 aromatic heterocycles. The quantitative estimate of drug-likeness (QED) is 0.0320. The van der Waals surface area contributed by atoms with Crippen molar-refractivity contribution in [2.45, 2.75) is 475 Å². The highest BCUT2D eigenvalue weighted by molar-refractivity contribution is 5.76. The lowest BCUT2D eigenvalue weighted by molar-refractivity contribution is -0.143. The Morgan fingerprint density at radius 2 is 0.543 bits per heavy atom. The van der Waals surface area contributed by atoms with Gasteiger partial charge in [0.2, 0.25) is 5.91 Å². The average molecular weight is 1290 g/mol. The molecule has 0 aromatic rings. The largest absolute Gasteiger partial charge is 0.466 e. The fourth-order valence-electron chi connectivity index (χ4n) is 13.2. The van der Waals surface area contributed by atoms with Crippen LogP contribution in [0.1, 0.15) is 463 Å². The van der Waals surface area contributed by atoms with E-state index in [4.69, 9.17) is 4.74 Å². The minimum atomic E-state index is -0.844. The number of allylic oxidation sites excluding steroid dienone is 7. The van der Waals surface area contributed by atoms with Crippen LogP contribution in [-0.2, 0) is 14.3 Å². The molecule has 2 unspecified atom stereocenters. The number of rotatable bonds is 79. The van der Waals surface area contributed by atoms with Crippen molar-refractivity contribution in [3.63, 3.8) is 0 Å². The first kappa shape index (κ1) is 89.8. The van der Waals surface area contributed by atoms with E-state index in [1.807, 2.05) is 6.08 Å². The van der Waals surface area contributed by atoms with Gasteiger partial charge in [-0.25, -0.2) is 0 Å². The zero-order chi connectivity index (χ0) is 66.3. The summed E-state index contributed by atoms with van der Waals surface area (Å²) in [6, 6.07) is -0.627. The summed E-state index contributed by atoms with van der Waals surface area (Å²) in [6.45, 7) is 4.94. The van der Waals surface area contributed by atoms with Crippen LogP contribution in [0.15, 0.2) is 48.6 Å². The van der Waals surface area contributed by atoms with Crippen molar-refractivity contribution in [2.24, 2.45) is 0 Å². The lowest BCUT2D eigenvalue weighted by Crippen LogP contribution is -2.45. The molecule has 2 atom stereocenters. The molecule has 0 aliphatic rings. The van der Waals surface area contributed by atoms with E-state index in [0.29, 0.717) is 19.4 Å². The zero-order valence-electron chi connectivity index (χ0n) is 62.3. The van der Waals surface area contributed by atoms with Crippen LogP contribution in [-0.4, -0.2) is 47.4 Å². The highest BCUT2D eigenvalue weighted by Crippen LogP contribution is 2.20. The Kier molecular flexibility index (Phi) is 79.3. The number of unbranched alkanes of at least 4 members (excludes halogenated alkanes) is 62. The summed E-state index contributed by atoms with van der Waals surface area (Å²) in [6.07, 6.45) is 108. The number of carbonyl (C=O) groups excluding carboxylic acids is 2. The van der Waals surface area contributed by atoms with Crippen LogP contribution in [0, 0.1) is 0 Å². The summed E-state index contributed by atoms with van der Waals surface area (Å²) in [5.74, 6) is -0.0482. The van der Waals surface area contributed by atoms with Crippen LogP contribution in [0.3, 0.4) is 0 Å². The van der Waals surface area contributed by atoms with Crippen molar-refractivity contribution >= 4 is 11.9 Å². The van der Waals surface area contributed by atoms with E-state index in [-0.39, 0.29) is 18.5 Å². The predicted molar refractivity (Wildman–Crippen MR) is 407 cm³/mol. The van der Waals surface area contributed by atoms with Gasteiger partial charge in [-0.3, -0.25) is 9.59 Å². The summed E-state index contributed by atoms with van der Waals surface area (Å²) in [7, 11) is 0. The topological polar surface area (TPSA) is 95.9 Å². The van der Waals surface area contributed by atoms with Crippen molar-refractivity contribution in [3.8, 4) is 0 Å². The van der Waals surface area contributed by atoms with E-state index < -0.39 is 12.1 Å². The number of esters is 1. The molecule has 0 bridgehead atoms. The zero-order valence-corrected chi connectivity index (χ0v) is 62.3. The van der Waals surface area contributed by atoms with Gasteiger partial charge in [0.15, 0.2) is 0 Å². The second-order valence-corrected chi connectivity index (χ2v) is 28.8. The van der Waals surface area contributed by atoms with Crippen LogP contribution in [0.4, 0.5) is 0 Å². The van der Waals surface area contributed by atoms with Gasteiger partial charge >= 0.3 is 5.97 Å². The SMILES string of the molecule is CCCCCCC/C=C\CCCCCCCC(=O)OCCCCCCCCCCCCCCCCC/C=C\C/C=C\CCCCCCCCCCCCCCCCCCCC(=O)NC(CO)C(O)/C=C/CCCCCCCCCCCCCCCCCCCCCC. The fourth-order valence-corrected chi connectivity index (χ4v) is 13.2. The van der Waals surface area contributed by atoms with Crippen LogP contribution in [0.25, 0.3) is 0 Å². The molecule has 0 saturated carbocycles. The van der Waals surface area contributed by atoms with Gasteiger partial charge in [-0.05, 0) is 89.9 Å². The Bertz CT molecular complexity index is 1540. The molecule has 6 nitrogen and oxygen atoms in total. The summed E-state index contributed by atoms with van der Waals surface area (Å²) < 4.78 is 5.49. The summed E-state index contributed by atoms with van der Waals surface area (Å²) in [5, 5.41) is 23.3. The maximum absolute atomic E-state index is 12.6. The standard InChI is InChI=1S/C86H163NO5/c1-3-5-7-9-11-13-15-17-19-20-21-22-42-45-48-51-54-58-62-66-70-74-78-84(89)83(82-88)87-85(90)79-75-71-67-63-59-55-52-49-46-43-40-38-36-34-32-30-28-26-24-23-25-27-29-31-33-35-37-39-41-44-47-50-53-57-61-65-69-73-77-81-92-86(91)80-76-72-68-64-60-56-18-16-14-12-10-8-6-4-2/h16,18,23-24,27,29,74,78,83-84,88-89H,3-15,17,19-22,25-26,28,30-73,75-77,79-82H2,1-2H3,(H,87,90)/b18-16-,24-23-,29-27-,78-74+. The third-order valence-corrected chi connectivity index (χ3v) is 19.6. The Balaban J connectivity index is 3.38. The molecule has 0 heterocycles. The Morgan fingerprint density at radius 1 is 0.304 bits per heavy atom. The first-order valence-corrected chi connectivity index (χ1v) is 41.9. The highest BCUT2D eigenvalue weighted by Gasteiger charge is 2.18. The average Bonchev–Trinajstić information content (AvgIpc) is 3.67. The van der Waals surface area contributed by atoms with Gasteiger partial charge < -0.3 is 20.3 Å². The van der Waals surface area contributed by atoms with Gasteiger partial charge in [0.25, 0.3) is 0 Å². The number of amides is 1. The van der Waals surface area contributed by atoms with Gasteiger partial charge in [-0.2, -0.15) is 0 Å². The first-order chi connectivity index (χ1) is 45.5. The molecule has 1 amide bonds. The molecule has 0 spiro atoms. The van der Waals surface area contributed by atoms with Gasteiger partial charge in [-0.1, -0.05) is 409 Å². The number of aliphatic hydroxyl groups excluding tert-OH is 2. The first-order valence-electron chi connectivity index (χ1n) is 41.9.